The van der Waals surface area contributed by atoms with E-state index in [0.29, 0.717) is 5.92 Å². The monoisotopic (exact) mass is 242 g/mol. The lowest BCUT2D eigenvalue weighted by Crippen LogP contribution is -2.37. The van der Waals surface area contributed by atoms with Crippen molar-refractivity contribution in [1.29, 1.82) is 0 Å². The minimum Gasteiger partial charge on any atom is -0.385 e. The fourth-order valence-corrected chi connectivity index (χ4v) is 2.63. The second kappa shape index (κ2) is 5.75. The number of methoxy groups -OCH3 is 1. The standard InChI is InChI=1S/C12H22N2OS/c1-9(2)10-8-16-11(14-10)12(3,13-4)6-7-15-5/h8-9,13H,6-7H2,1-5H3. The SMILES string of the molecule is CNC(C)(CCOC)c1nc(C(C)C)cs1. The Hall–Kier alpha value is -0.450. The van der Waals surface area contributed by atoms with E-state index in [0.717, 1.165) is 18.0 Å². The van der Waals surface area contributed by atoms with E-state index in [4.69, 9.17) is 9.72 Å². The van der Waals surface area contributed by atoms with Crippen molar-refractivity contribution in [1.82, 2.24) is 10.3 Å². The first-order chi connectivity index (χ1) is 7.53. The van der Waals surface area contributed by atoms with Crippen molar-refractivity contribution in [2.45, 2.75) is 38.6 Å². The number of nitrogens with one attached hydrogen (secondary N) is 1. The summed E-state index contributed by atoms with van der Waals surface area (Å²) >= 11 is 1.73. The third-order valence-electron chi connectivity index (χ3n) is 2.94. The van der Waals surface area contributed by atoms with Gasteiger partial charge in [0, 0.05) is 19.1 Å². The second-order valence-electron chi connectivity index (χ2n) is 4.56. The average molecular weight is 242 g/mol. The van der Waals surface area contributed by atoms with Crippen LogP contribution in [0.25, 0.3) is 0 Å². The Labute approximate surface area is 102 Å². The highest BCUT2D eigenvalue weighted by Crippen LogP contribution is 2.29. The average Bonchev–Trinajstić information content (AvgIpc) is 2.75. The van der Waals surface area contributed by atoms with Crippen LogP contribution in [0.1, 0.15) is 43.8 Å². The van der Waals surface area contributed by atoms with Gasteiger partial charge in [0.2, 0.25) is 0 Å². The van der Waals surface area contributed by atoms with Crippen molar-refractivity contribution in [3.63, 3.8) is 0 Å². The molecule has 1 N–H and O–H groups in total. The minimum atomic E-state index is -0.0756. The Morgan fingerprint density at radius 1 is 1.56 bits per heavy atom. The number of hydrogen-bond donors (Lipinski definition) is 1. The highest BCUT2D eigenvalue weighted by atomic mass is 32.1. The van der Waals surface area contributed by atoms with E-state index in [1.54, 1.807) is 18.4 Å². The Morgan fingerprint density at radius 2 is 2.25 bits per heavy atom. The molecule has 0 aliphatic carbocycles. The van der Waals surface area contributed by atoms with Crippen molar-refractivity contribution in [2.24, 2.45) is 0 Å². The summed E-state index contributed by atoms with van der Waals surface area (Å²) in [6.07, 6.45) is 0.936. The maximum Gasteiger partial charge on any atom is 0.113 e. The van der Waals surface area contributed by atoms with Crippen LogP contribution in [-0.2, 0) is 10.3 Å². The predicted octanol–water partition coefficient (Wildman–Crippen LogP) is 2.74. The number of nitrogens with zero attached hydrogens (tertiary/aromatic N) is 1. The fourth-order valence-electron chi connectivity index (χ4n) is 1.45. The quantitative estimate of drug-likeness (QED) is 0.833. The lowest BCUT2D eigenvalue weighted by atomic mass is 9.99. The molecule has 1 aromatic heterocycles. The van der Waals surface area contributed by atoms with Crippen LogP contribution in [0.4, 0.5) is 0 Å². The molecule has 0 saturated heterocycles. The van der Waals surface area contributed by atoms with Crippen molar-refractivity contribution >= 4 is 11.3 Å². The molecule has 0 aliphatic rings. The minimum absolute atomic E-state index is 0.0756. The molecule has 1 atom stereocenters. The molecule has 0 fully saturated rings. The molecule has 0 bridgehead atoms. The Balaban J connectivity index is 2.85. The van der Waals surface area contributed by atoms with Crippen LogP contribution in [0.15, 0.2) is 5.38 Å². The molecule has 3 nitrogen and oxygen atoms in total. The molecule has 1 unspecified atom stereocenters. The van der Waals surface area contributed by atoms with Gasteiger partial charge >= 0.3 is 0 Å². The predicted molar refractivity (Wildman–Crippen MR) is 69.1 cm³/mol. The van der Waals surface area contributed by atoms with Gasteiger partial charge in [-0.25, -0.2) is 4.98 Å². The zero-order valence-corrected chi connectivity index (χ0v) is 11.6. The molecule has 16 heavy (non-hydrogen) atoms. The molecule has 1 rings (SSSR count). The van der Waals surface area contributed by atoms with E-state index in [1.807, 2.05) is 7.05 Å². The lowest BCUT2D eigenvalue weighted by molar-refractivity contribution is 0.162. The van der Waals surface area contributed by atoms with E-state index < -0.39 is 0 Å². The molecule has 0 spiro atoms. The van der Waals surface area contributed by atoms with Crippen LogP contribution in [0.2, 0.25) is 0 Å². The van der Waals surface area contributed by atoms with Crippen LogP contribution in [0, 0.1) is 0 Å². The topological polar surface area (TPSA) is 34.1 Å². The van der Waals surface area contributed by atoms with Gasteiger partial charge in [0.25, 0.3) is 0 Å². The lowest BCUT2D eigenvalue weighted by Gasteiger charge is -2.26. The van der Waals surface area contributed by atoms with E-state index in [-0.39, 0.29) is 5.54 Å². The van der Waals surface area contributed by atoms with Crippen LogP contribution in [0.3, 0.4) is 0 Å². The van der Waals surface area contributed by atoms with Crippen LogP contribution >= 0.6 is 11.3 Å². The zero-order chi connectivity index (χ0) is 12.2. The summed E-state index contributed by atoms with van der Waals surface area (Å²) in [5.41, 5.74) is 1.10. The summed E-state index contributed by atoms with van der Waals surface area (Å²) in [6, 6.07) is 0. The highest BCUT2D eigenvalue weighted by Gasteiger charge is 2.27. The van der Waals surface area contributed by atoms with Crippen molar-refractivity contribution in [3.05, 3.63) is 16.1 Å². The van der Waals surface area contributed by atoms with Gasteiger partial charge in [-0.3, -0.25) is 0 Å². The number of aromatic nitrogens is 1. The summed E-state index contributed by atoms with van der Waals surface area (Å²) in [5.74, 6) is 0.494. The maximum atomic E-state index is 5.15. The van der Waals surface area contributed by atoms with Crippen LogP contribution in [0.5, 0.6) is 0 Å². The normalized spacial score (nSPS) is 15.4. The molecule has 0 saturated carbocycles. The molecular formula is C12H22N2OS. The van der Waals surface area contributed by atoms with E-state index in [1.165, 1.54) is 5.69 Å². The fraction of sp³-hybridized carbons (Fsp3) is 0.750. The van der Waals surface area contributed by atoms with E-state index in [2.05, 4.69) is 31.5 Å². The van der Waals surface area contributed by atoms with Gasteiger partial charge in [-0.05, 0) is 26.3 Å². The highest BCUT2D eigenvalue weighted by molar-refractivity contribution is 7.09. The summed E-state index contributed by atoms with van der Waals surface area (Å²) in [6.45, 7) is 7.26. The number of rotatable bonds is 6. The third-order valence-corrected chi connectivity index (χ3v) is 4.07. The molecule has 0 radical (unpaired) electrons. The summed E-state index contributed by atoms with van der Waals surface area (Å²) < 4.78 is 5.15. The second-order valence-corrected chi connectivity index (χ2v) is 5.42. The van der Waals surface area contributed by atoms with Gasteiger partial charge in [-0.2, -0.15) is 0 Å². The maximum absolute atomic E-state index is 5.15. The van der Waals surface area contributed by atoms with Crippen LogP contribution < -0.4 is 5.32 Å². The summed E-state index contributed by atoms with van der Waals surface area (Å²) in [5, 5.41) is 6.65. The van der Waals surface area contributed by atoms with Gasteiger partial charge in [-0.15, -0.1) is 11.3 Å². The summed E-state index contributed by atoms with van der Waals surface area (Å²) in [7, 11) is 3.71. The number of ether oxygens (including phenoxy) is 1. The van der Waals surface area contributed by atoms with Gasteiger partial charge in [0.15, 0.2) is 0 Å². The Bertz CT molecular complexity index is 325. The molecule has 0 aliphatic heterocycles. The largest absolute Gasteiger partial charge is 0.385 e. The molecule has 4 heteroatoms. The van der Waals surface area contributed by atoms with Gasteiger partial charge in [0.05, 0.1) is 11.2 Å². The number of hydrogen-bond acceptors (Lipinski definition) is 4. The molecule has 92 valence electrons. The van der Waals surface area contributed by atoms with Gasteiger partial charge in [0.1, 0.15) is 5.01 Å². The molecular weight excluding hydrogens is 220 g/mol. The summed E-state index contributed by atoms with van der Waals surface area (Å²) in [4.78, 5) is 4.71. The molecule has 1 aromatic rings. The first-order valence-electron chi connectivity index (χ1n) is 5.67. The molecule has 0 amide bonds. The van der Waals surface area contributed by atoms with E-state index >= 15 is 0 Å². The van der Waals surface area contributed by atoms with Gasteiger partial charge in [-0.1, -0.05) is 13.8 Å². The first-order valence-corrected chi connectivity index (χ1v) is 6.55. The van der Waals surface area contributed by atoms with Crippen molar-refractivity contribution < 1.29 is 4.74 Å². The Kier molecular flexibility index (Phi) is 4.89. The molecule has 0 aromatic carbocycles. The smallest absolute Gasteiger partial charge is 0.113 e. The van der Waals surface area contributed by atoms with Gasteiger partial charge < -0.3 is 10.1 Å². The third kappa shape index (κ3) is 3.03. The number of thiazole rings is 1. The van der Waals surface area contributed by atoms with Crippen LogP contribution in [-0.4, -0.2) is 25.7 Å². The molecule has 1 heterocycles. The first kappa shape index (κ1) is 13.6. The van der Waals surface area contributed by atoms with Crippen molar-refractivity contribution in [3.8, 4) is 0 Å². The Morgan fingerprint density at radius 3 is 2.69 bits per heavy atom. The van der Waals surface area contributed by atoms with E-state index in [9.17, 15) is 0 Å². The zero-order valence-electron chi connectivity index (χ0n) is 10.8. The van der Waals surface area contributed by atoms with Crippen molar-refractivity contribution in [2.75, 3.05) is 20.8 Å².